The van der Waals surface area contributed by atoms with E-state index in [2.05, 4.69) is 30.3 Å². The van der Waals surface area contributed by atoms with Gasteiger partial charge in [-0.25, -0.2) is 0 Å². The molecule has 0 radical (unpaired) electrons. The van der Waals surface area contributed by atoms with Crippen LogP contribution in [-0.2, 0) is 11.3 Å². The second-order valence-corrected chi connectivity index (χ2v) is 5.87. The Labute approximate surface area is 127 Å². The Bertz CT molecular complexity index is 421. The summed E-state index contributed by atoms with van der Waals surface area (Å²) in [4.78, 5) is 2.20. The highest BCUT2D eigenvalue weighted by Gasteiger charge is 2.21. The molecular weight excluding hydrogens is 272 g/mol. The maximum Gasteiger partial charge on any atom is 0.0642 e. The van der Waals surface area contributed by atoms with Crippen LogP contribution in [-0.4, -0.2) is 33.4 Å². The van der Waals surface area contributed by atoms with E-state index in [4.69, 9.17) is 16.3 Å². The lowest BCUT2D eigenvalue weighted by atomic mass is 10.1. The van der Waals surface area contributed by atoms with Crippen LogP contribution >= 0.6 is 11.6 Å². The van der Waals surface area contributed by atoms with Crippen LogP contribution in [0.1, 0.15) is 25.3 Å². The van der Waals surface area contributed by atoms with Gasteiger partial charge in [-0.1, -0.05) is 30.7 Å². The predicted octanol–water partition coefficient (Wildman–Crippen LogP) is 3.31. The molecule has 0 saturated heterocycles. The van der Waals surface area contributed by atoms with Crippen LogP contribution in [0.5, 0.6) is 0 Å². The molecule has 2 rings (SSSR count). The quantitative estimate of drug-likeness (QED) is 0.708. The van der Waals surface area contributed by atoms with Crippen LogP contribution in [0.15, 0.2) is 18.2 Å². The maximum absolute atomic E-state index is 6.37. The third kappa shape index (κ3) is 4.65. The van der Waals surface area contributed by atoms with Gasteiger partial charge < -0.3 is 15.0 Å². The number of para-hydroxylation sites is 1. The summed E-state index contributed by atoms with van der Waals surface area (Å²) in [6.07, 6.45) is 2.68. The Kier molecular flexibility index (Phi) is 6.14. The van der Waals surface area contributed by atoms with Crippen molar-refractivity contribution in [2.45, 2.75) is 26.3 Å². The van der Waals surface area contributed by atoms with E-state index in [1.54, 1.807) is 0 Å². The minimum Gasteiger partial charge on any atom is -0.379 e. The van der Waals surface area contributed by atoms with E-state index >= 15 is 0 Å². The Morgan fingerprint density at radius 1 is 1.40 bits per heavy atom. The molecule has 0 unspecified atom stereocenters. The van der Waals surface area contributed by atoms with Gasteiger partial charge in [0.2, 0.25) is 0 Å². The summed E-state index contributed by atoms with van der Waals surface area (Å²) in [7, 11) is 2.08. The van der Waals surface area contributed by atoms with Crippen LogP contribution in [0.3, 0.4) is 0 Å². The second-order valence-electron chi connectivity index (χ2n) is 5.47. The predicted molar refractivity (Wildman–Crippen MR) is 85.6 cm³/mol. The topological polar surface area (TPSA) is 24.5 Å². The molecule has 0 bridgehead atoms. The van der Waals surface area contributed by atoms with E-state index in [0.717, 1.165) is 49.5 Å². The fourth-order valence-corrected chi connectivity index (χ4v) is 2.58. The van der Waals surface area contributed by atoms with E-state index in [0.29, 0.717) is 0 Å². The van der Waals surface area contributed by atoms with E-state index < -0.39 is 0 Å². The molecular formula is C16H25ClN2O. The first-order valence-corrected chi connectivity index (χ1v) is 7.87. The average molecular weight is 297 g/mol. The molecule has 0 aliphatic heterocycles. The first-order valence-electron chi connectivity index (χ1n) is 7.49. The normalized spacial score (nSPS) is 14.6. The third-order valence-corrected chi connectivity index (χ3v) is 3.94. The highest BCUT2D eigenvalue weighted by Crippen LogP contribution is 2.30. The molecule has 1 aromatic carbocycles. The van der Waals surface area contributed by atoms with E-state index in [1.165, 1.54) is 18.4 Å². The van der Waals surface area contributed by atoms with E-state index in [9.17, 15) is 0 Å². The van der Waals surface area contributed by atoms with Crippen molar-refractivity contribution in [1.82, 2.24) is 5.32 Å². The number of halogens is 1. The first-order chi connectivity index (χ1) is 9.72. The average Bonchev–Trinajstić information content (AvgIpc) is 3.25. The lowest BCUT2D eigenvalue weighted by Gasteiger charge is -2.24. The molecule has 0 atom stereocenters. The summed E-state index contributed by atoms with van der Waals surface area (Å²) in [5.41, 5.74) is 2.36. The minimum absolute atomic E-state index is 0.763. The van der Waals surface area contributed by atoms with Gasteiger partial charge in [-0.3, -0.25) is 0 Å². The van der Waals surface area contributed by atoms with Crippen LogP contribution in [0.2, 0.25) is 5.02 Å². The number of anilines is 1. The van der Waals surface area contributed by atoms with Crippen LogP contribution in [0, 0.1) is 5.92 Å². The van der Waals surface area contributed by atoms with Crippen LogP contribution in [0.25, 0.3) is 0 Å². The van der Waals surface area contributed by atoms with Gasteiger partial charge in [0.05, 0.1) is 17.3 Å². The lowest BCUT2D eigenvalue weighted by molar-refractivity contribution is 0.131. The molecule has 1 N–H and O–H groups in total. The molecule has 0 aromatic heterocycles. The number of nitrogens with zero attached hydrogens (tertiary/aromatic N) is 1. The lowest BCUT2D eigenvalue weighted by Crippen LogP contribution is -2.25. The highest BCUT2D eigenvalue weighted by molar-refractivity contribution is 6.33. The summed E-state index contributed by atoms with van der Waals surface area (Å²) in [6, 6.07) is 6.09. The Morgan fingerprint density at radius 2 is 2.20 bits per heavy atom. The molecule has 20 heavy (non-hydrogen) atoms. The number of benzene rings is 1. The third-order valence-electron chi connectivity index (χ3n) is 3.64. The molecule has 1 fully saturated rings. The summed E-state index contributed by atoms with van der Waals surface area (Å²) >= 11 is 6.37. The summed E-state index contributed by atoms with van der Waals surface area (Å²) < 4.78 is 5.71. The van der Waals surface area contributed by atoms with Crippen molar-refractivity contribution in [1.29, 1.82) is 0 Å². The number of hydrogen-bond donors (Lipinski definition) is 1. The van der Waals surface area contributed by atoms with Gasteiger partial charge >= 0.3 is 0 Å². The summed E-state index contributed by atoms with van der Waals surface area (Å²) in [5, 5.41) is 4.17. The summed E-state index contributed by atoms with van der Waals surface area (Å²) in [5.74, 6) is 0.824. The zero-order valence-electron chi connectivity index (χ0n) is 12.5. The molecule has 1 aliphatic carbocycles. The van der Waals surface area contributed by atoms with Crippen molar-refractivity contribution in [2.75, 3.05) is 38.3 Å². The Balaban J connectivity index is 1.90. The Morgan fingerprint density at radius 3 is 2.90 bits per heavy atom. The van der Waals surface area contributed by atoms with Gasteiger partial charge in [-0.15, -0.1) is 0 Å². The van der Waals surface area contributed by atoms with Crippen molar-refractivity contribution < 1.29 is 4.74 Å². The van der Waals surface area contributed by atoms with Gasteiger partial charge in [0.25, 0.3) is 0 Å². The van der Waals surface area contributed by atoms with Gasteiger partial charge in [-0.2, -0.15) is 0 Å². The molecule has 0 heterocycles. The largest absolute Gasteiger partial charge is 0.379 e. The monoisotopic (exact) mass is 296 g/mol. The van der Waals surface area contributed by atoms with E-state index in [1.807, 2.05) is 12.1 Å². The van der Waals surface area contributed by atoms with Crippen molar-refractivity contribution in [3.63, 3.8) is 0 Å². The van der Waals surface area contributed by atoms with Crippen LogP contribution in [0.4, 0.5) is 5.69 Å². The van der Waals surface area contributed by atoms with Gasteiger partial charge in [-0.05, 0) is 36.9 Å². The van der Waals surface area contributed by atoms with Crippen LogP contribution < -0.4 is 10.2 Å². The number of hydrogen-bond acceptors (Lipinski definition) is 3. The SMILES string of the molecule is CCNCc1cccc(Cl)c1N(C)CCOCC1CC1. The molecule has 1 aliphatic rings. The molecule has 112 valence electrons. The summed E-state index contributed by atoms with van der Waals surface area (Å²) in [6.45, 7) is 6.47. The first kappa shape index (κ1) is 15.6. The minimum atomic E-state index is 0.763. The number of rotatable bonds is 9. The Hall–Kier alpha value is -0.770. The van der Waals surface area contributed by atoms with E-state index in [-0.39, 0.29) is 0 Å². The number of ether oxygens (including phenoxy) is 1. The maximum atomic E-state index is 6.37. The fraction of sp³-hybridized carbons (Fsp3) is 0.625. The van der Waals surface area contributed by atoms with Gasteiger partial charge in [0, 0.05) is 26.7 Å². The standard InChI is InChI=1S/C16H25ClN2O/c1-3-18-11-14-5-4-6-15(17)16(14)19(2)9-10-20-12-13-7-8-13/h4-6,13,18H,3,7-12H2,1-2H3. The molecule has 3 nitrogen and oxygen atoms in total. The van der Waals surface area contributed by atoms with Gasteiger partial charge in [0.1, 0.15) is 0 Å². The van der Waals surface area contributed by atoms with Crippen molar-refractivity contribution in [2.24, 2.45) is 5.92 Å². The zero-order valence-corrected chi connectivity index (χ0v) is 13.2. The molecule has 0 amide bonds. The fourth-order valence-electron chi connectivity index (χ4n) is 2.24. The molecule has 1 aromatic rings. The van der Waals surface area contributed by atoms with Crippen molar-refractivity contribution >= 4 is 17.3 Å². The zero-order chi connectivity index (χ0) is 14.4. The van der Waals surface area contributed by atoms with Gasteiger partial charge in [0.15, 0.2) is 0 Å². The number of likely N-dealkylation sites (N-methyl/N-ethyl adjacent to an activating group) is 1. The molecule has 1 saturated carbocycles. The van der Waals surface area contributed by atoms with Crippen molar-refractivity contribution in [3.05, 3.63) is 28.8 Å². The smallest absolute Gasteiger partial charge is 0.0642 e. The number of nitrogens with one attached hydrogen (secondary N) is 1. The van der Waals surface area contributed by atoms with Crippen molar-refractivity contribution in [3.8, 4) is 0 Å². The molecule has 4 heteroatoms. The molecule has 0 spiro atoms. The second kappa shape index (κ2) is 7.87. The highest BCUT2D eigenvalue weighted by atomic mass is 35.5.